The first-order valence-corrected chi connectivity index (χ1v) is 11.7. The molecule has 3 fully saturated rings. The molecule has 2 saturated heterocycles. The molecule has 6 rings (SSSR count). The maximum atomic E-state index is 10.3. The summed E-state index contributed by atoms with van der Waals surface area (Å²) in [6.45, 7) is 5.67. The number of benzene rings is 2. The summed E-state index contributed by atoms with van der Waals surface area (Å²) in [6.07, 6.45) is 6.36. The van der Waals surface area contributed by atoms with Crippen LogP contribution in [0, 0.1) is 11.8 Å². The summed E-state index contributed by atoms with van der Waals surface area (Å²) in [5.41, 5.74) is 4.42. The summed E-state index contributed by atoms with van der Waals surface area (Å²) >= 11 is 0. The van der Waals surface area contributed by atoms with Crippen LogP contribution in [0.4, 0.5) is 0 Å². The molecule has 3 atom stereocenters. The number of hydrogen-bond donors (Lipinski definition) is 2. The number of aromatic hydroxyl groups is 2. The molecule has 2 N–H and O–H groups in total. The first-order chi connectivity index (χ1) is 14.6. The molecule has 4 heteroatoms. The number of rotatable bonds is 4. The molecule has 4 aliphatic rings. The largest absolute Gasteiger partial charge is 0.508 e. The van der Waals surface area contributed by atoms with Gasteiger partial charge in [-0.2, -0.15) is 0 Å². The zero-order valence-corrected chi connectivity index (χ0v) is 17.6. The molecule has 2 aliphatic heterocycles. The van der Waals surface area contributed by atoms with E-state index in [4.69, 9.17) is 0 Å². The molecule has 0 aromatic heterocycles. The Hall–Kier alpha value is -2.04. The number of hydrogen-bond acceptors (Lipinski definition) is 4. The Morgan fingerprint density at radius 3 is 2.50 bits per heavy atom. The van der Waals surface area contributed by atoms with Gasteiger partial charge in [0, 0.05) is 31.1 Å². The van der Waals surface area contributed by atoms with Crippen molar-refractivity contribution in [1.29, 1.82) is 0 Å². The number of phenolic OH excluding ortho intramolecular Hbond substituents is 2. The van der Waals surface area contributed by atoms with E-state index in [0.29, 0.717) is 23.5 Å². The standard InChI is InChI=1S/C26H32N2O2/c29-21-6-3-18(4-7-21)15-27-11-9-26-10-12-28(16-19-1-2-19)25(24(26)17-27)13-20-5-8-22(30)14-23(20)26/h3-8,14,19,24-25,29-30H,1-2,9-13,15-17H2/t24-,25+,26?/m0/s1. The predicted molar refractivity (Wildman–Crippen MR) is 118 cm³/mol. The van der Waals surface area contributed by atoms with Gasteiger partial charge in [0.15, 0.2) is 0 Å². The number of piperidine rings is 2. The normalized spacial score (nSPS) is 31.2. The van der Waals surface area contributed by atoms with Crippen molar-refractivity contribution in [2.45, 2.75) is 50.1 Å². The third-order valence-corrected chi connectivity index (χ3v) is 8.41. The van der Waals surface area contributed by atoms with E-state index in [1.54, 1.807) is 12.1 Å². The lowest BCUT2D eigenvalue weighted by Crippen LogP contribution is -2.65. The zero-order chi connectivity index (χ0) is 20.3. The van der Waals surface area contributed by atoms with Gasteiger partial charge in [-0.15, -0.1) is 0 Å². The summed E-state index contributed by atoms with van der Waals surface area (Å²) in [4.78, 5) is 5.44. The molecule has 158 valence electrons. The number of phenols is 2. The van der Waals surface area contributed by atoms with Crippen LogP contribution in [-0.4, -0.2) is 52.2 Å². The minimum Gasteiger partial charge on any atom is -0.508 e. The minimum absolute atomic E-state index is 0.225. The van der Waals surface area contributed by atoms with E-state index in [2.05, 4.69) is 21.9 Å². The third-order valence-electron chi connectivity index (χ3n) is 8.41. The fourth-order valence-electron chi connectivity index (χ4n) is 6.68. The van der Waals surface area contributed by atoms with Crippen LogP contribution in [0.3, 0.4) is 0 Å². The Morgan fingerprint density at radius 1 is 0.933 bits per heavy atom. The Bertz CT molecular complexity index is 939. The van der Waals surface area contributed by atoms with Gasteiger partial charge >= 0.3 is 0 Å². The van der Waals surface area contributed by atoms with Crippen LogP contribution >= 0.6 is 0 Å². The fraction of sp³-hybridized carbons (Fsp3) is 0.538. The van der Waals surface area contributed by atoms with Gasteiger partial charge in [-0.1, -0.05) is 18.2 Å². The maximum absolute atomic E-state index is 10.3. The quantitative estimate of drug-likeness (QED) is 0.811. The van der Waals surface area contributed by atoms with Crippen molar-refractivity contribution in [2.24, 2.45) is 11.8 Å². The van der Waals surface area contributed by atoms with Crippen molar-refractivity contribution < 1.29 is 10.2 Å². The summed E-state index contributed by atoms with van der Waals surface area (Å²) in [5.74, 6) is 2.32. The highest BCUT2D eigenvalue weighted by atomic mass is 16.3. The molecule has 0 radical (unpaired) electrons. The van der Waals surface area contributed by atoms with Crippen molar-refractivity contribution in [3.63, 3.8) is 0 Å². The topological polar surface area (TPSA) is 46.9 Å². The maximum Gasteiger partial charge on any atom is 0.115 e. The molecule has 4 nitrogen and oxygen atoms in total. The van der Waals surface area contributed by atoms with Gasteiger partial charge in [0.25, 0.3) is 0 Å². The van der Waals surface area contributed by atoms with Crippen molar-refractivity contribution in [2.75, 3.05) is 26.2 Å². The molecular weight excluding hydrogens is 372 g/mol. The number of likely N-dealkylation sites (tertiary alicyclic amines) is 2. The van der Waals surface area contributed by atoms with Gasteiger partial charge < -0.3 is 10.2 Å². The third kappa shape index (κ3) is 3.12. The van der Waals surface area contributed by atoms with Crippen LogP contribution in [0.15, 0.2) is 42.5 Å². The smallest absolute Gasteiger partial charge is 0.115 e. The van der Waals surface area contributed by atoms with Crippen LogP contribution in [0.25, 0.3) is 0 Å². The first kappa shape index (κ1) is 18.7. The highest BCUT2D eigenvalue weighted by molar-refractivity contribution is 5.45. The van der Waals surface area contributed by atoms with Gasteiger partial charge in [-0.3, -0.25) is 9.80 Å². The molecule has 2 aliphatic carbocycles. The number of nitrogens with zero attached hydrogens (tertiary/aromatic N) is 2. The van der Waals surface area contributed by atoms with E-state index in [-0.39, 0.29) is 5.41 Å². The Balaban J connectivity index is 1.32. The molecule has 0 amide bonds. The van der Waals surface area contributed by atoms with Crippen LogP contribution in [0.2, 0.25) is 0 Å². The SMILES string of the molecule is Oc1ccc(CN2CCC34CCN(CC5CC5)[C@H](Cc5ccc(O)cc53)[C@@H]4C2)cc1. The number of fused-ring (bicyclic) bond motifs is 1. The summed E-state index contributed by atoms with van der Waals surface area (Å²) in [7, 11) is 0. The second-order valence-corrected chi connectivity index (χ2v) is 10.2. The summed E-state index contributed by atoms with van der Waals surface area (Å²) < 4.78 is 0. The highest BCUT2D eigenvalue weighted by Gasteiger charge is 2.55. The van der Waals surface area contributed by atoms with Crippen LogP contribution in [-0.2, 0) is 18.4 Å². The van der Waals surface area contributed by atoms with Crippen molar-refractivity contribution >= 4 is 0 Å². The van der Waals surface area contributed by atoms with Gasteiger partial charge in [0.05, 0.1) is 0 Å². The highest BCUT2D eigenvalue weighted by Crippen LogP contribution is 2.54. The van der Waals surface area contributed by atoms with Crippen molar-refractivity contribution in [3.8, 4) is 11.5 Å². The predicted octanol–water partition coefficient (Wildman–Crippen LogP) is 3.90. The summed E-state index contributed by atoms with van der Waals surface area (Å²) in [6, 6.07) is 14.5. The minimum atomic E-state index is 0.225. The molecule has 0 spiro atoms. The van der Waals surface area contributed by atoms with Gasteiger partial charge in [0.2, 0.25) is 0 Å². The molecule has 1 saturated carbocycles. The van der Waals surface area contributed by atoms with Crippen LogP contribution in [0.1, 0.15) is 42.4 Å². The zero-order valence-electron chi connectivity index (χ0n) is 17.6. The van der Waals surface area contributed by atoms with E-state index in [1.165, 1.54) is 55.5 Å². The molecule has 2 aromatic rings. The second kappa shape index (κ2) is 7.00. The molecular formula is C26H32N2O2. The average Bonchev–Trinajstić information content (AvgIpc) is 3.56. The molecule has 1 unspecified atom stereocenters. The second-order valence-electron chi connectivity index (χ2n) is 10.2. The summed E-state index contributed by atoms with van der Waals surface area (Å²) in [5, 5.41) is 19.9. The molecule has 2 aromatic carbocycles. The van der Waals surface area contributed by atoms with Gasteiger partial charge in [-0.05, 0) is 98.0 Å². The monoisotopic (exact) mass is 404 g/mol. The lowest BCUT2D eigenvalue weighted by atomic mass is 9.54. The Kier molecular flexibility index (Phi) is 4.36. The van der Waals surface area contributed by atoms with E-state index in [1.807, 2.05) is 18.2 Å². The van der Waals surface area contributed by atoms with Crippen LogP contribution < -0.4 is 0 Å². The lowest BCUT2D eigenvalue weighted by Gasteiger charge is -2.60. The Morgan fingerprint density at radius 2 is 1.70 bits per heavy atom. The molecule has 30 heavy (non-hydrogen) atoms. The average molecular weight is 405 g/mol. The Labute approximate surface area is 179 Å². The lowest BCUT2D eigenvalue weighted by molar-refractivity contribution is -0.0415. The first-order valence-electron chi connectivity index (χ1n) is 11.7. The van der Waals surface area contributed by atoms with Crippen LogP contribution in [0.5, 0.6) is 11.5 Å². The van der Waals surface area contributed by atoms with E-state index < -0.39 is 0 Å². The van der Waals surface area contributed by atoms with E-state index >= 15 is 0 Å². The van der Waals surface area contributed by atoms with Gasteiger partial charge in [0.1, 0.15) is 11.5 Å². The molecule has 2 heterocycles. The molecule has 2 bridgehead atoms. The van der Waals surface area contributed by atoms with Crippen molar-refractivity contribution in [3.05, 3.63) is 59.2 Å². The van der Waals surface area contributed by atoms with E-state index in [0.717, 1.165) is 32.0 Å². The van der Waals surface area contributed by atoms with Gasteiger partial charge in [-0.25, -0.2) is 0 Å². The van der Waals surface area contributed by atoms with E-state index in [9.17, 15) is 10.2 Å². The van der Waals surface area contributed by atoms with Crippen molar-refractivity contribution in [1.82, 2.24) is 9.80 Å². The fourth-order valence-corrected chi connectivity index (χ4v) is 6.68.